The zero-order valence-electron chi connectivity index (χ0n) is 12.0. The Kier molecular flexibility index (Phi) is 4.77. The lowest BCUT2D eigenvalue weighted by molar-refractivity contribution is -0.142. The number of aromatic nitrogens is 1. The van der Waals surface area contributed by atoms with Gasteiger partial charge in [0.2, 0.25) is 0 Å². The summed E-state index contributed by atoms with van der Waals surface area (Å²) in [7, 11) is 1.35. The molecule has 0 aliphatic rings. The Morgan fingerprint density at radius 1 is 1.33 bits per heavy atom. The van der Waals surface area contributed by atoms with Crippen molar-refractivity contribution in [2.45, 2.75) is 13.3 Å². The van der Waals surface area contributed by atoms with Crippen molar-refractivity contribution in [2.75, 3.05) is 13.7 Å². The Hall–Kier alpha value is -2.56. The molecule has 0 saturated carbocycles. The molecule has 5 heteroatoms. The maximum Gasteiger partial charge on any atom is 0.340 e. The molecule has 0 amide bonds. The first-order valence-electron chi connectivity index (χ1n) is 6.67. The Morgan fingerprint density at radius 3 is 2.86 bits per heavy atom. The molecule has 1 aromatic carbocycles. The van der Waals surface area contributed by atoms with Gasteiger partial charge in [0.25, 0.3) is 0 Å². The van der Waals surface area contributed by atoms with Crippen molar-refractivity contribution in [3.8, 4) is 0 Å². The van der Waals surface area contributed by atoms with Crippen LogP contribution in [0.4, 0.5) is 0 Å². The Balaban J connectivity index is 2.20. The lowest BCUT2D eigenvalue weighted by Gasteiger charge is -1.99. The third-order valence-corrected chi connectivity index (χ3v) is 3.01. The van der Waals surface area contributed by atoms with E-state index in [2.05, 4.69) is 4.98 Å². The smallest absolute Gasteiger partial charge is 0.340 e. The Bertz CT molecular complexity index is 685. The van der Waals surface area contributed by atoms with E-state index < -0.39 is 0 Å². The molecular weight excluding hydrogens is 270 g/mol. The highest BCUT2D eigenvalue weighted by molar-refractivity contribution is 6.04. The number of carbonyl (C=O) groups is 2. The number of methoxy groups -OCH3 is 1. The molecular formula is C16H17NO4. The van der Waals surface area contributed by atoms with E-state index >= 15 is 0 Å². The van der Waals surface area contributed by atoms with Gasteiger partial charge in [0.05, 0.1) is 25.7 Å². The molecule has 0 fully saturated rings. The fourth-order valence-electron chi connectivity index (χ4n) is 2.03. The average Bonchev–Trinajstić information content (AvgIpc) is 2.90. The summed E-state index contributed by atoms with van der Waals surface area (Å²) in [6, 6.07) is 5.66. The first-order chi connectivity index (χ1) is 10.2. The molecule has 2 rings (SSSR count). The van der Waals surface area contributed by atoms with Crippen LogP contribution in [0.15, 0.2) is 30.5 Å². The predicted molar refractivity (Wildman–Crippen MR) is 79.9 cm³/mol. The quantitative estimate of drug-likeness (QED) is 0.858. The molecule has 0 spiro atoms. The van der Waals surface area contributed by atoms with E-state index in [0.717, 1.165) is 16.5 Å². The van der Waals surface area contributed by atoms with Gasteiger partial charge in [0, 0.05) is 17.1 Å². The highest BCUT2D eigenvalue weighted by Gasteiger charge is 2.11. The Morgan fingerprint density at radius 2 is 2.14 bits per heavy atom. The van der Waals surface area contributed by atoms with Crippen LogP contribution < -0.4 is 0 Å². The zero-order chi connectivity index (χ0) is 15.2. The molecule has 0 saturated heterocycles. The summed E-state index contributed by atoms with van der Waals surface area (Å²) < 4.78 is 9.59. The number of aromatic amines is 1. The summed E-state index contributed by atoms with van der Waals surface area (Å²) in [6.07, 6.45) is 5.42. The van der Waals surface area contributed by atoms with Crippen molar-refractivity contribution in [3.63, 3.8) is 0 Å². The molecule has 5 nitrogen and oxygen atoms in total. The largest absolute Gasteiger partial charge is 0.466 e. The minimum Gasteiger partial charge on any atom is -0.466 e. The molecule has 0 radical (unpaired) electrons. The van der Waals surface area contributed by atoms with E-state index in [0.29, 0.717) is 12.2 Å². The molecule has 0 aliphatic heterocycles. The molecule has 0 bridgehead atoms. The summed E-state index contributed by atoms with van der Waals surface area (Å²) in [4.78, 5) is 25.9. The molecule has 1 heterocycles. The minimum absolute atomic E-state index is 0.225. The third-order valence-electron chi connectivity index (χ3n) is 3.01. The van der Waals surface area contributed by atoms with Crippen molar-refractivity contribution >= 4 is 28.9 Å². The molecule has 1 aromatic heterocycles. The molecule has 110 valence electrons. The van der Waals surface area contributed by atoms with Crippen LogP contribution in [0, 0.1) is 0 Å². The molecule has 21 heavy (non-hydrogen) atoms. The van der Waals surface area contributed by atoms with Gasteiger partial charge >= 0.3 is 11.9 Å². The summed E-state index contributed by atoms with van der Waals surface area (Å²) in [6.45, 7) is 2.15. The lowest BCUT2D eigenvalue weighted by Crippen LogP contribution is -2.01. The number of carbonyl (C=O) groups excluding carboxylic acids is 2. The average molecular weight is 287 g/mol. The molecule has 0 unspecified atom stereocenters. The number of H-pyrrole nitrogens is 1. The van der Waals surface area contributed by atoms with Gasteiger partial charge in [-0.3, -0.25) is 4.79 Å². The van der Waals surface area contributed by atoms with E-state index in [9.17, 15) is 9.59 Å². The molecule has 2 aromatic rings. The number of fused-ring (bicyclic) bond motifs is 1. The summed E-state index contributed by atoms with van der Waals surface area (Å²) >= 11 is 0. The topological polar surface area (TPSA) is 68.4 Å². The van der Waals surface area contributed by atoms with Crippen LogP contribution in [0.3, 0.4) is 0 Å². The second kappa shape index (κ2) is 6.74. The van der Waals surface area contributed by atoms with Gasteiger partial charge < -0.3 is 14.5 Å². The van der Waals surface area contributed by atoms with Gasteiger partial charge in [0.15, 0.2) is 0 Å². The number of hydrogen-bond donors (Lipinski definition) is 1. The maximum absolute atomic E-state index is 11.7. The van der Waals surface area contributed by atoms with E-state index in [1.54, 1.807) is 19.2 Å². The van der Waals surface area contributed by atoms with Gasteiger partial charge in [-0.25, -0.2) is 4.79 Å². The van der Waals surface area contributed by atoms with Crippen LogP contribution in [0.5, 0.6) is 0 Å². The first kappa shape index (κ1) is 14.8. The highest BCUT2D eigenvalue weighted by Crippen LogP contribution is 2.21. The standard InChI is InChI=1S/C16H17NO4/c1-3-21-15(18)6-4-5-11-7-8-14-12(9-11)13(10-17-14)16(19)20-2/h4-5,7-10,17H,3,6H2,1-2H3. The van der Waals surface area contributed by atoms with Crippen molar-refractivity contribution in [1.29, 1.82) is 0 Å². The SMILES string of the molecule is CCOC(=O)CC=Cc1ccc2[nH]cc(C(=O)OC)c2c1. The minimum atomic E-state index is -0.381. The van der Waals surface area contributed by atoms with Crippen molar-refractivity contribution in [3.05, 3.63) is 41.6 Å². The normalized spacial score (nSPS) is 11.0. The molecule has 1 N–H and O–H groups in total. The number of ether oxygens (including phenoxy) is 2. The van der Waals surface area contributed by atoms with E-state index in [-0.39, 0.29) is 18.4 Å². The third kappa shape index (κ3) is 3.51. The lowest BCUT2D eigenvalue weighted by atomic mass is 10.1. The second-order valence-electron chi connectivity index (χ2n) is 4.41. The van der Waals surface area contributed by atoms with Gasteiger partial charge in [-0.1, -0.05) is 18.2 Å². The number of nitrogens with one attached hydrogen (secondary N) is 1. The Labute approximate surface area is 122 Å². The monoisotopic (exact) mass is 287 g/mol. The van der Waals surface area contributed by atoms with Crippen LogP contribution in [0.2, 0.25) is 0 Å². The summed E-state index contributed by atoms with van der Waals surface area (Å²) in [5.74, 6) is -0.638. The van der Waals surface area contributed by atoms with Crippen LogP contribution in [0.1, 0.15) is 29.3 Å². The number of esters is 2. The van der Waals surface area contributed by atoms with Crippen LogP contribution in [0.25, 0.3) is 17.0 Å². The predicted octanol–water partition coefficient (Wildman–Crippen LogP) is 2.92. The molecule has 0 atom stereocenters. The van der Waals surface area contributed by atoms with Crippen molar-refractivity contribution < 1.29 is 19.1 Å². The van der Waals surface area contributed by atoms with Crippen LogP contribution >= 0.6 is 0 Å². The van der Waals surface area contributed by atoms with Crippen molar-refractivity contribution in [1.82, 2.24) is 4.98 Å². The number of rotatable bonds is 5. The molecule has 0 aliphatic carbocycles. The highest BCUT2D eigenvalue weighted by atomic mass is 16.5. The summed E-state index contributed by atoms with van der Waals surface area (Å²) in [5.41, 5.74) is 2.25. The van der Waals surface area contributed by atoms with Crippen LogP contribution in [-0.4, -0.2) is 30.6 Å². The fourth-order valence-corrected chi connectivity index (χ4v) is 2.03. The maximum atomic E-state index is 11.7. The van der Waals surface area contributed by atoms with Crippen LogP contribution in [-0.2, 0) is 14.3 Å². The van der Waals surface area contributed by atoms with Gasteiger partial charge in [-0.15, -0.1) is 0 Å². The fraction of sp³-hybridized carbons (Fsp3) is 0.250. The van der Waals surface area contributed by atoms with Gasteiger partial charge in [-0.2, -0.15) is 0 Å². The van der Waals surface area contributed by atoms with E-state index in [4.69, 9.17) is 9.47 Å². The number of hydrogen-bond acceptors (Lipinski definition) is 4. The van der Waals surface area contributed by atoms with Gasteiger partial charge in [0.1, 0.15) is 0 Å². The first-order valence-corrected chi connectivity index (χ1v) is 6.67. The van der Waals surface area contributed by atoms with Crippen molar-refractivity contribution in [2.24, 2.45) is 0 Å². The summed E-state index contributed by atoms with van der Waals surface area (Å²) in [5, 5.41) is 0.792. The second-order valence-corrected chi connectivity index (χ2v) is 4.41. The number of benzene rings is 1. The van der Waals surface area contributed by atoms with Gasteiger partial charge in [-0.05, 0) is 24.6 Å². The zero-order valence-corrected chi connectivity index (χ0v) is 12.0. The van der Waals surface area contributed by atoms with E-state index in [1.807, 2.05) is 24.3 Å². The van der Waals surface area contributed by atoms with E-state index in [1.165, 1.54) is 7.11 Å².